The van der Waals surface area contributed by atoms with Crippen molar-refractivity contribution >= 4 is 0 Å². The Hall–Kier alpha value is -0.120. The van der Waals surface area contributed by atoms with Crippen molar-refractivity contribution in [2.24, 2.45) is 5.92 Å². The maximum atomic E-state index is 5.36. The Bertz CT molecular complexity index is 142. The minimum atomic E-state index is 0.601. The molecule has 2 unspecified atom stereocenters. The van der Waals surface area contributed by atoms with E-state index in [-0.39, 0.29) is 0 Å². The lowest BCUT2D eigenvalue weighted by Gasteiger charge is -2.29. The van der Waals surface area contributed by atoms with Gasteiger partial charge in [0, 0.05) is 19.2 Å². The van der Waals surface area contributed by atoms with E-state index < -0.39 is 0 Å². The second kappa shape index (κ2) is 9.13. The lowest BCUT2D eigenvalue weighted by Crippen LogP contribution is -2.40. The standard InChI is InChI=1S/C12H28N2O/c1-6-13-10-11(3)12(4)14(5)8-9-15-7-2/h11-13H,6-10H2,1-5H3. The lowest BCUT2D eigenvalue weighted by atomic mass is 10.0. The zero-order chi connectivity index (χ0) is 11.7. The molecular formula is C12H28N2O. The van der Waals surface area contributed by atoms with Crippen molar-refractivity contribution in [3.05, 3.63) is 0 Å². The molecule has 0 aliphatic heterocycles. The van der Waals surface area contributed by atoms with E-state index in [1.165, 1.54) is 0 Å². The molecule has 0 saturated carbocycles. The van der Waals surface area contributed by atoms with Crippen LogP contribution in [0.3, 0.4) is 0 Å². The molecule has 3 nitrogen and oxygen atoms in total. The van der Waals surface area contributed by atoms with Gasteiger partial charge in [-0.1, -0.05) is 13.8 Å². The number of nitrogens with one attached hydrogen (secondary N) is 1. The fourth-order valence-corrected chi connectivity index (χ4v) is 1.53. The molecule has 0 aliphatic rings. The monoisotopic (exact) mass is 216 g/mol. The van der Waals surface area contributed by atoms with E-state index >= 15 is 0 Å². The Morgan fingerprint density at radius 3 is 2.47 bits per heavy atom. The third kappa shape index (κ3) is 6.88. The zero-order valence-corrected chi connectivity index (χ0v) is 11.0. The second-order valence-electron chi connectivity index (χ2n) is 4.20. The summed E-state index contributed by atoms with van der Waals surface area (Å²) in [6, 6.07) is 0.601. The Kier molecular flexibility index (Phi) is 9.06. The highest BCUT2D eigenvalue weighted by atomic mass is 16.5. The molecule has 0 bridgehead atoms. The first-order valence-electron chi connectivity index (χ1n) is 6.12. The van der Waals surface area contributed by atoms with Gasteiger partial charge in [0.1, 0.15) is 0 Å². The maximum absolute atomic E-state index is 5.36. The Morgan fingerprint density at radius 2 is 1.93 bits per heavy atom. The Labute approximate surface area is 95.2 Å². The van der Waals surface area contributed by atoms with E-state index in [9.17, 15) is 0 Å². The molecule has 3 heteroatoms. The average Bonchev–Trinajstić information content (AvgIpc) is 2.24. The number of nitrogens with zero attached hydrogens (tertiary/aromatic N) is 1. The Balaban J connectivity index is 3.69. The van der Waals surface area contributed by atoms with E-state index in [0.29, 0.717) is 12.0 Å². The van der Waals surface area contributed by atoms with Crippen LogP contribution in [-0.2, 0) is 4.74 Å². The summed E-state index contributed by atoms with van der Waals surface area (Å²) < 4.78 is 5.36. The fraction of sp³-hybridized carbons (Fsp3) is 1.00. The van der Waals surface area contributed by atoms with Crippen molar-refractivity contribution in [2.75, 3.05) is 39.9 Å². The van der Waals surface area contributed by atoms with Crippen molar-refractivity contribution in [3.8, 4) is 0 Å². The number of hydrogen-bond acceptors (Lipinski definition) is 3. The molecule has 0 heterocycles. The highest BCUT2D eigenvalue weighted by Crippen LogP contribution is 2.07. The number of rotatable bonds is 9. The topological polar surface area (TPSA) is 24.5 Å². The van der Waals surface area contributed by atoms with Gasteiger partial charge in [-0.2, -0.15) is 0 Å². The minimum Gasteiger partial charge on any atom is -0.380 e. The molecule has 92 valence electrons. The molecule has 0 rings (SSSR count). The SMILES string of the molecule is CCNCC(C)C(C)N(C)CCOCC. The molecule has 0 saturated heterocycles. The quantitative estimate of drug-likeness (QED) is 0.592. The molecule has 0 aromatic heterocycles. The molecule has 2 atom stereocenters. The highest BCUT2D eigenvalue weighted by molar-refractivity contribution is 4.71. The van der Waals surface area contributed by atoms with E-state index in [4.69, 9.17) is 4.74 Å². The normalized spacial score (nSPS) is 15.6. The maximum Gasteiger partial charge on any atom is 0.0593 e. The van der Waals surface area contributed by atoms with Crippen molar-refractivity contribution in [2.45, 2.75) is 33.7 Å². The first-order chi connectivity index (χ1) is 7.13. The van der Waals surface area contributed by atoms with Crippen LogP contribution in [0.1, 0.15) is 27.7 Å². The van der Waals surface area contributed by atoms with Crippen LogP contribution in [-0.4, -0.2) is 50.8 Å². The minimum absolute atomic E-state index is 0.601. The van der Waals surface area contributed by atoms with Gasteiger partial charge in [0.05, 0.1) is 6.61 Å². The number of hydrogen-bond donors (Lipinski definition) is 1. The fourth-order valence-electron chi connectivity index (χ4n) is 1.53. The van der Waals surface area contributed by atoms with Crippen LogP contribution < -0.4 is 5.32 Å². The van der Waals surface area contributed by atoms with Crippen molar-refractivity contribution in [1.29, 1.82) is 0 Å². The number of ether oxygens (including phenoxy) is 1. The van der Waals surface area contributed by atoms with E-state index in [1.54, 1.807) is 0 Å². The summed E-state index contributed by atoms with van der Waals surface area (Å²) in [5.41, 5.74) is 0. The smallest absolute Gasteiger partial charge is 0.0593 e. The van der Waals surface area contributed by atoms with E-state index in [2.05, 4.69) is 38.0 Å². The molecule has 0 radical (unpaired) electrons. The van der Waals surface area contributed by atoms with Crippen LogP contribution in [0.15, 0.2) is 0 Å². The second-order valence-corrected chi connectivity index (χ2v) is 4.20. The van der Waals surface area contributed by atoms with Crippen molar-refractivity contribution in [1.82, 2.24) is 10.2 Å². The van der Waals surface area contributed by atoms with Gasteiger partial charge in [0.15, 0.2) is 0 Å². The Morgan fingerprint density at radius 1 is 1.27 bits per heavy atom. The van der Waals surface area contributed by atoms with E-state index in [0.717, 1.165) is 32.8 Å². The summed E-state index contributed by atoms with van der Waals surface area (Å²) >= 11 is 0. The molecule has 0 aromatic rings. The molecule has 0 amide bonds. The van der Waals surface area contributed by atoms with Crippen molar-refractivity contribution < 1.29 is 4.74 Å². The zero-order valence-electron chi connectivity index (χ0n) is 11.0. The van der Waals surface area contributed by atoms with Gasteiger partial charge in [0.2, 0.25) is 0 Å². The van der Waals surface area contributed by atoms with Crippen LogP contribution in [0.5, 0.6) is 0 Å². The van der Waals surface area contributed by atoms with Gasteiger partial charge in [-0.25, -0.2) is 0 Å². The number of likely N-dealkylation sites (N-methyl/N-ethyl adjacent to an activating group) is 1. The first-order valence-corrected chi connectivity index (χ1v) is 6.12. The third-order valence-corrected chi connectivity index (χ3v) is 3.03. The molecule has 0 aromatic carbocycles. The van der Waals surface area contributed by atoms with Gasteiger partial charge in [-0.15, -0.1) is 0 Å². The average molecular weight is 216 g/mol. The van der Waals surface area contributed by atoms with Crippen molar-refractivity contribution in [3.63, 3.8) is 0 Å². The molecule has 15 heavy (non-hydrogen) atoms. The predicted octanol–water partition coefficient (Wildman–Crippen LogP) is 1.59. The predicted molar refractivity (Wildman–Crippen MR) is 66.3 cm³/mol. The largest absolute Gasteiger partial charge is 0.380 e. The van der Waals surface area contributed by atoms with Crippen LogP contribution in [0.4, 0.5) is 0 Å². The highest BCUT2D eigenvalue weighted by Gasteiger charge is 2.15. The summed E-state index contributed by atoms with van der Waals surface area (Å²) in [4.78, 5) is 2.37. The summed E-state index contributed by atoms with van der Waals surface area (Å²) in [6.07, 6.45) is 0. The van der Waals surface area contributed by atoms with Gasteiger partial charge >= 0.3 is 0 Å². The van der Waals surface area contributed by atoms with Crippen LogP contribution in [0.2, 0.25) is 0 Å². The summed E-state index contributed by atoms with van der Waals surface area (Å²) in [5.74, 6) is 0.677. The van der Waals surface area contributed by atoms with Gasteiger partial charge in [0.25, 0.3) is 0 Å². The lowest BCUT2D eigenvalue weighted by molar-refractivity contribution is 0.0985. The summed E-state index contributed by atoms with van der Waals surface area (Å²) in [6.45, 7) is 13.6. The molecule has 0 spiro atoms. The van der Waals surface area contributed by atoms with Crippen LogP contribution in [0, 0.1) is 5.92 Å². The van der Waals surface area contributed by atoms with Gasteiger partial charge in [-0.3, -0.25) is 0 Å². The van der Waals surface area contributed by atoms with Gasteiger partial charge in [-0.05, 0) is 39.9 Å². The molecule has 0 aliphatic carbocycles. The molecule has 0 fully saturated rings. The molecular weight excluding hydrogens is 188 g/mol. The molecule has 1 N–H and O–H groups in total. The first kappa shape index (κ1) is 14.9. The van der Waals surface area contributed by atoms with Gasteiger partial charge < -0.3 is 15.0 Å². The van der Waals surface area contributed by atoms with Crippen LogP contribution >= 0.6 is 0 Å². The van der Waals surface area contributed by atoms with Crippen LogP contribution in [0.25, 0.3) is 0 Å². The third-order valence-electron chi connectivity index (χ3n) is 3.03. The van der Waals surface area contributed by atoms with E-state index in [1.807, 2.05) is 6.92 Å². The summed E-state index contributed by atoms with van der Waals surface area (Å²) in [7, 11) is 2.17. The summed E-state index contributed by atoms with van der Waals surface area (Å²) in [5, 5.41) is 3.39.